The molecule has 1 atom stereocenters. The third kappa shape index (κ3) is 7.05. The minimum absolute atomic E-state index is 0.129. The summed E-state index contributed by atoms with van der Waals surface area (Å²) in [6, 6.07) is 12.8. The Bertz CT molecular complexity index is 1100. The number of hydrogen-bond donors (Lipinski definition) is 1. The molecule has 180 valence electrons. The van der Waals surface area contributed by atoms with Crippen LogP contribution in [0, 0.1) is 20.8 Å². The molecule has 0 spiro atoms. The molecular formula is C25H35N3O4S. The zero-order valence-corrected chi connectivity index (χ0v) is 21.2. The van der Waals surface area contributed by atoms with E-state index in [1.54, 1.807) is 18.9 Å². The standard InChI is InChI=1S/C25H35N3O4S/c1-18-13-14-20(3)23(16-18)28(33(6,31)32)15-9-12-24(29)27(21(4)25(30)26-5)17-22-11-8-7-10-19(22)2/h7-8,10-11,13-14,16,21H,9,12,15,17H2,1-6H3,(H,26,30). The highest BCUT2D eigenvalue weighted by atomic mass is 32.2. The third-order valence-electron chi connectivity index (χ3n) is 5.80. The summed E-state index contributed by atoms with van der Waals surface area (Å²) >= 11 is 0. The summed E-state index contributed by atoms with van der Waals surface area (Å²) in [6.45, 7) is 7.95. The molecular weight excluding hydrogens is 438 g/mol. The zero-order chi connectivity index (χ0) is 24.8. The molecule has 1 unspecified atom stereocenters. The van der Waals surface area contributed by atoms with Gasteiger partial charge in [0.05, 0.1) is 11.9 Å². The highest BCUT2D eigenvalue weighted by molar-refractivity contribution is 7.92. The Morgan fingerprint density at radius 3 is 2.30 bits per heavy atom. The molecule has 0 fully saturated rings. The molecule has 2 aromatic carbocycles. The second kappa shape index (κ2) is 11.3. The number of rotatable bonds is 10. The van der Waals surface area contributed by atoms with Crippen molar-refractivity contribution in [2.75, 3.05) is 24.2 Å². The lowest BCUT2D eigenvalue weighted by molar-refractivity contribution is -0.140. The molecule has 2 amide bonds. The van der Waals surface area contributed by atoms with Crippen LogP contribution in [0.5, 0.6) is 0 Å². The molecule has 0 radical (unpaired) electrons. The summed E-state index contributed by atoms with van der Waals surface area (Å²) in [5.74, 6) is -0.436. The summed E-state index contributed by atoms with van der Waals surface area (Å²) in [6.07, 6.45) is 1.64. The van der Waals surface area contributed by atoms with E-state index in [4.69, 9.17) is 0 Å². The number of sulfonamides is 1. The smallest absolute Gasteiger partial charge is 0.242 e. The molecule has 0 heterocycles. The van der Waals surface area contributed by atoms with Gasteiger partial charge < -0.3 is 10.2 Å². The van der Waals surface area contributed by atoms with Gasteiger partial charge in [0, 0.05) is 26.6 Å². The van der Waals surface area contributed by atoms with Crippen LogP contribution in [-0.4, -0.2) is 51.0 Å². The van der Waals surface area contributed by atoms with Crippen molar-refractivity contribution in [3.8, 4) is 0 Å². The molecule has 1 N–H and O–H groups in total. The monoisotopic (exact) mass is 473 g/mol. The molecule has 0 aliphatic rings. The maximum absolute atomic E-state index is 13.2. The molecule has 33 heavy (non-hydrogen) atoms. The van der Waals surface area contributed by atoms with Crippen molar-refractivity contribution in [3.63, 3.8) is 0 Å². The average Bonchev–Trinajstić information content (AvgIpc) is 2.76. The Balaban J connectivity index is 2.19. The van der Waals surface area contributed by atoms with E-state index in [0.717, 1.165) is 22.3 Å². The second-order valence-corrected chi connectivity index (χ2v) is 10.4. The number of nitrogens with one attached hydrogen (secondary N) is 1. The largest absolute Gasteiger partial charge is 0.357 e. The fourth-order valence-electron chi connectivity index (χ4n) is 3.73. The van der Waals surface area contributed by atoms with Gasteiger partial charge in [-0.3, -0.25) is 13.9 Å². The van der Waals surface area contributed by atoms with Crippen LogP contribution in [0.25, 0.3) is 0 Å². The number of aryl methyl sites for hydroxylation is 3. The summed E-state index contributed by atoms with van der Waals surface area (Å²) in [4.78, 5) is 27.1. The summed E-state index contributed by atoms with van der Waals surface area (Å²) in [5.41, 5.74) is 4.45. The molecule has 0 saturated carbocycles. The van der Waals surface area contributed by atoms with E-state index in [1.165, 1.54) is 10.6 Å². The quantitative estimate of drug-likeness (QED) is 0.574. The van der Waals surface area contributed by atoms with Crippen LogP contribution in [0.4, 0.5) is 5.69 Å². The van der Waals surface area contributed by atoms with E-state index in [-0.39, 0.29) is 24.8 Å². The molecule has 0 aliphatic heterocycles. The van der Waals surface area contributed by atoms with Crippen molar-refractivity contribution in [2.45, 2.75) is 53.1 Å². The van der Waals surface area contributed by atoms with E-state index < -0.39 is 16.1 Å². The number of benzene rings is 2. The van der Waals surface area contributed by atoms with Gasteiger partial charge in [-0.1, -0.05) is 36.4 Å². The van der Waals surface area contributed by atoms with Crippen molar-refractivity contribution < 1.29 is 18.0 Å². The number of carbonyl (C=O) groups is 2. The van der Waals surface area contributed by atoms with Crippen molar-refractivity contribution >= 4 is 27.5 Å². The predicted molar refractivity (Wildman–Crippen MR) is 133 cm³/mol. The second-order valence-electron chi connectivity index (χ2n) is 8.47. The first-order chi connectivity index (χ1) is 15.5. The number of nitrogens with zero attached hydrogens (tertiary/aromatic N) is 2. The molecule has 0 bridgehead atoms. The number of hydrogen-bond acceptors (Lipinski definition) is 4. The SMILES string of the molecule is CNC(=O)C(C)N(Cc1ccccc1C)C(=O)CCCN(c1cc(C)ccc1C)S(C)(=O)=O. The van der Waals surface area contributed by atoms with Gasteiger partial charge in [-0.05, 0) is 62.4 Å². The van der Waals surface area contributed by atoms with Gasteiger partial charge in [-0.2, -0.15) is 0 Å². The summed E-state index contributed by atoms with van der Waals surface area (Å²) < 4.78 is 26.4. The van der Waals surface area contributed by atoms with Crippen LogP contribution in [0.3, 0.4) is 0 Å². The molecule has 0 aliphatic carbocycles. The van der Waals surface area contributed by atoms with Crippen molar-refractivity contribution in [3.05, 3.63) is 64.7 Å². The normalized spacial score (nSPS) is 12.2. The van der Waals surface area contributed by atoms with E-state index in [2.05, 4.69) is 5.32 Å². The van der Waals surface area contributed by atoms with Gasteiger partial charge in [0.15, 0.2) is 0 Å². The van der Waals surface area contributed by atoms with Gasteiger partial charge in [-0.15, -0.1) is 0 Å². The van der Waals surface area contributed by atoms with Crippen molar-refractivity contribution in [2.24, 2.45) is 0 Å². The third-order valence-corrected chi connectivity index (χ3v) is 6.98. The Kier molecular flexibility index (Phi) is 9.05. The number of likely N-dealkylation sites (N-methyl/N-ethyl adjacent to an activating group) is 1. The predicted octanol–water partition coefficient (Wildman–Crippen LogP) is 3.32. The van der Waals surface area contributed by atoms with Crippen LogP contribution < -0.4 is 9.62 Å². The minimum atomic E-state index is -3.52. The Morgan fingerprint density at radius 2 is 1.70 bits per heavy atom. The molecule has 2 rings (SSSR count). The lowest BCUT2D eigenvalue weighted by atomic mass is 10.1. The molecule has 0 aromatic heterocycles. The van der Waals surface area contributed by atoms with E-state index in [0.29, 0.717) is 18.7 Å². The first kappa shape index (κ1) is 26.4. The van der Waals surface area contributed by atoms with Crippen molar-refractivity contribution in [1.82, 2.24) is 10.2 Å². The summed E-state index contributed by atoms with van der Waals surface area (Å²) in [7, 11) is -1.97. The fraction of sp³-hybridized carbons (Fsp3) is 0.440. The maximum atomic E-state index is 13.2. The van der Waals surface area contributed by atoms with Crippen molar-refractivity contribution in [1.29, 1.82) is 0 Å². The Morgan fingerprint density at radius 1 is 1.03 bits per heavy atom. The van der Waals surface area contributed by atoms with E-state index >= 15 is 0 Å². The van der Waals surface area contributed by atoms with Gasteiger partial charge in [0.2, 0.25) is 21.8 Å². The first-order valence-electron chi connectivity index (χ1n) is 11.1. The highest BCUT2D eigenvalue weighted by Gasteiger charge is 2.26. The molecule has 7 nitrogen and oxygen atoms in total. The van der Waals surface area contributed by atoms with E-state index in [9.17, 15) is 18.0 Å². The molecule has 0 saturated heterocycles. The topological polar surface area (TPSA) is 86.8 Å². The highest BCUT2D eigenvalue weighted by Crippen LogP contribution is 2.24. The van der Waals surface area contributed by atoms with Gasteiger partial charge in [0.25, 0.3) is 0 Å². The number of anilines is 1. The van der Waals surface area contributed by atoms with Crippen LogP contribution >= 0.6 is 0 Å². The van der Waals surface area contributed by atoms with Crippen LogP contribution in [0.15, 0.2) is 42.5 Å². The van der Waals surface area contributed by atoms with Gasteiger partial charge in [-0.25, -0.2) is 8.42 Å². The number of carbonyl (C=O) groups excluding carboxylic acids is 2. The number of amides is 2. The first-order valence-corrected chi connectivity index (χ1v) is 12.9. The van der Waals surface area contributed by atoms with Gasteiger partial charge in [0.1, 0.15) is 6.04 Å². The Labute approximate surface area is 197 Å². The van der Waals surface area contributed by atoms with Crippen LogP contribution in [0.2, 0.25) is 0 Å². The van der Waals surface area contributed by atoms with Gasteiger partial charge >= 0.3 is 0 Å². The van der Waals surface area contributed by atoms with Crippen LogP contribution in [-0.2, 0) is 26.2 Å². The van der Waals surface area contributed by atoms with Crippen LogP contribution in [0.1, 0.15) is 42.0 Å². The lowest BCUT2D eigenvalue weighted by Gasteiger charge is -2.29. The minimum Gasteiger partial charge on any atom is -0.357 e. The molecule has 8 heteroatoms. The average molecular weight is 474 g/mol. The molecule has 2 aromatic rings. The zero-order valence-electron chi connectivity index (χ0n) is 20.4. The van der Waals surface area contributed by atoms with E-state index in [1.807, 2.05) is 63.2 Å². The lowest BCUT2D eigenvalue weighted by Crippen LogP contribution is -2.47. The fourth-order valence-corrected chi connectivity index (χ4v) is 4.75. The maximum Gasteiger partial charge on any atom is 0.242 e. The summed E-state index contributed by atoms with van der Waals surface area (Å²) in [5, 5.41) is 2.61. The Hall–Kier alpha value is -2.87.